The average molecular weight is 304 g/mol. The molecule has 0 N–H and O–H groups in total. The Morgan fingerprint density at radius 2 is 1.68 bits per heavy atom. The van der Waals surface area contributed by atoms with Gasteiger partial charge in [0.05, 0.1) is 5.41 Å². The van der Waals surface area contributed by atoms with E-state index in [0.29, 0.717) is 5.75 Å². The summed E-state index contributed by atoms with van der Waals surface area (Å²) in [4.78, 5) is 12.3. The van der Waals surface area contributed by atoms with Crippen molar-refractivity contribution in [1.82, 2.24) is 0 Å². The van der Waals surface area contributed by atoms with Crippen molar-refractivity contribution in [2.45, 2.75) is 73.8 Å². The largest absolute Gasteiger partial charge is 0.487 e. The second kappa shape index (κ2) is 5.29. The number of ether oxygens (including phenoxy) is 2. The van der Waals surface area contributed by atoms with Crippen LogP contribution in [0.25, 0.3) is 0 Å². The molecule has 0 radical (unpaired) electrons. The molecule has 1 aliphatic heterocycles. The molecule has 0 saturated carbocycles. The monoisotopic (exact) mass is 304 g/mol. The van der Waals surface area contributed by atoms with Crippen LogP contribution in [0.15, 0.2) is 0 Å². The van der Waals surface area contributed by atoms with E-state index in [9.17, 15) is 4.79 Å². The minimum atomic E-state index is -0.513. The Morgan fingerprint density at radius 1 is 1.09 bits per heavy atom. The zero-order valence-corrected chi connectivity index (χ0v) is 15.1. The molecule has 1 aromatic carbocycles. The van der Waals surface area contributed by atoms with Crippen molar-refractivity contribution in [1.29, 1.82) is 0 Å². The normalized spacial score (nSPS) is 16.7. The van der Waals surface area contributed by atoms with Gasteiger partial charge in [0, 0.05) is 5.56 Å². The first-order valence-corrected chi connectivity index (χ1v) is 7.98. The van der Waals surface area contributed by atoms with Crippen LogP contribution >= 0.6 is 0 Å². The fraction of sp³-hybridized carbons (Fsp3) is 0.632. The lowest BCUT2D eigenvalue weighted by Gasteiger charge is -2.35. The summed E-state index contributed by atoms with van der Waals surface area (Å²) in [5, 5.41) is 0. The SMILES string of the molecule is Cc1c(C)c2c(c(C)c1OC(=O)C(C)(C)C)CCC(C)(C)O2. The Kier molecular flexibility index (Phi) is 4.05. The van der Waals surface area contributed by atoms with E-state index in [2.05, 4.69) is 13.8 Å². The van der Waals surface area contributed by atoms with Crippen molar-refractivity contribution in [3.05, 3.63) is 22.3 Å². The lowest BCUT2D eigenvalue weighted by atomic mass is 9.88. The molecule has 3 heteroatoms. The highest BCUT2D eigenvalue weighted by molar-refractivity contribution is 5.79. The maximum atomic E-state index is 12.3. The lowest BCUT2D eigenvalue weighted by Crippen LogP contribution is -2.34. The lowest BCUT2D eigenvalue weighted by molar-refractivity contribution is -0.143. The predicted octanol–water partition coefficient (Wildman–Crippen LogP) is 4.67. The van der Waals surface area contributed by atoms with Gasteiger partial charge in [-0.05, 0) is 84.9 Å². The van der Waals surface area contributed by atoms with E-state index in [4.69, 9.17) is 9.47 Å². The Hall–Kier alpha value is -1.51. The van der Waals surface area contributed by atoms with E-state index in [0.717, 1.165) is 35.3 Å². The van der Waals surface area contributed by atoms with Crippen molar-refractivity contribution in [2.75, 3.05) is 0 Å². The first-order valence-electron chi connectivity index (χ1n) is 7.98. The van der Waals surface area contributed by atoms with Crippen LogP contribution in [-0.4, -0.2) is 11.6 Å². The summed E-state index contributed by atoms with van der Waals surface area (Å²) in [5.41, 5.74) is 3.63. The molecular formula is C19H28O3. The zero-order chi connectivity index (χ0) is 16.9. The molecule has 0 bridgehead atoms. The second-order valence-corrected chi connectivity index (χ2v) is 8.01. The van der Waals surface area contributed by atoms with Crippen LogP contribution in [0, 0.1) is 26.2 Å². The highest BCUT2D eigenvalue weighted by Crippen LogP contribution is 2.43. The third kappa shape index (κ3) is 2.99. The van der Waals surface area contributed by atoms with Gasteiger partial charge in [-0.25, -0.2) is 0 Å². The molecule has 22 heavy (non-hydrogen) atoms. The highest BCUT2D eigenvalue weighted by atomic mass is 16.5. The van der Waals surface area contributed by atoms with Crippen LogP contribution in [0.4, 0.5) is 0 Å². The van der Waals surface area contributed by atoms with E-state index < -0.39 is 5.41 Å². The molecule has 1 heterocycles. The van der Waals surface area contributed by atoms with Gasteiger partial charge in [-0.15, -0.1) is 0 Å². The molecule has 0 atom stereocenters. The molecule has 3 nitrogen and oxygen atoms in total. The van der Waals surface area contributed by atoms with Crippen LogP contribution in [0.3, 0.4) is 0 Å². The van der Waals surface area contributed by atoms with E-state index in [1.807, 2.05) is 41.5 Å². The van der Waals surface area contributed by atoms with Crippen molar-refractivity contribution in [2.24, 2.45) is 5.41 Å². The smallest absolute Gasteiger partial charge is 0.316 e. The zero-order valence-electron chi connectivity index (χ0n) is 15.1. The molecule has 122 valence electrons. The summed E-state index contributed by atoms with van der Waals surface area (Å²) in [7, 11) is 0. The Labute approximate surface area is 134 Å². The number of benzene rings is 1. The molecule has 0 saturated heterocycles. The maximum Gasteiger partial charge on any atom is 0.316 e. The number of esters is 1. The number of hydrogen-bond donors (Lipinski definition) is 0. The van der Waals surface area contributed by atoms with Crippen molar-refractivity contribution in [3.8, 4) is 11.5 Å². The third-order valence-corrected chi connectivity index (χ3v) is 4.47. The molecule has 1 aliphatic rings. The van der Waals surface area contributed by atoms with Gasteiger partial charge in [-0.1, -0.05) is 0 Å². The van der Waals surface area contributed by atoms with Crippen molar-refractivity contribution >= 4 is 5.97 Å². The van der Waals surface area contributed by atoms with Crippen LogP contribution in [0.5, 0.6) is 11.5 Å². The summed E-state index contributed by atoms with van der Waals surface area (Å²) in [6.07, 6.45) is 1.92. The summed E-state index contributed by atoms with van der Waals surface area (Å²) < 4.78 is 11.9. The molecule has 0 amide bonds. The van der Waals surface area contributed by atoms with Crippen LogP contribution < -0.4 is 9.47 Å². The van der Waals surface area contributed by atoms with Gasteiger partial charge in [-0.2, -0.15) is 0 Å². The molecular weight excluding hydrogens is 276 g/mol. The van der Waals surface area contributed by atoms with Crippen molar-refractivity contribution < 1.29 is 14.3 Å². The topological polar surface area (TPSA) is 35.5 Å². The average Bonchev–Trinajstić information content (AvgIpc) is 2.38. The maximum absolute atomic E-state index is 12.3. The predicted molar refractivity (Wildman–Crippen MR) is 88.8 cm³/mol. The Bertz CT molecular complexity index is 619. The second-order valence-electron chi connectivity index (χ2n) is 8.01. The number of carbonyl (C=O) groups is 1. The van der Waals surface area contributed by atoms with Gasteiger partial charge in [0.25, 0.3) is 0 Å². The van der Waals surface area contributed by atoms with Crippen molar-refractivity contribution in [3.63, 3.8) is 0 Å². The number of hydrogen-bond acceptors (Lipinski definition) is 3. The molecule has 0 aliphatic carbocycles. The quantitative estimate of drug-likeness (QED) is 0.559. The summed E-state index contributed by atoms with van der Waals surface area (Å²) in [6.45, 7) is 15.9. The number of fused-ring (bicyclic) bond motifs is 1. The first kappa shape index (κ1) is 16.9. The van der Waals surface area contributed by atoms with E-state index in [1.165, 1.54) is 5.56 Å². The van der Waals surface area contributed by atoms with E-state index in [1.54, 1.807) is 0 Å². The van der Waals surface area contributed by atoms with Gasteiger partial charge < -0.3 is 9.47 Å². The molecule has 0 aromatic heterocycles. The summed E-state index contributed by atoms with van der Waals surface area (Å²) in [6, 6.07) is 0. The fourth-order valence-corrected chi connectivity index (χ4v) is 2.75. The van der Waals surface area contributed by atoms with Gasteiger partial charge in [0.1, 0.15) is 17.1 Å². The highest BCUT2D eigenvalue weighted by Gasteiger charge is 2.32. The Balaban J connectivity index is 2.51. The van der Waals surface area contributed by atoms with Crippen LogP contribution in [0.1, 0.15) is 63.3 Å². The van der Waals surface area contributed by atoms with Gasteiger partial charge in [0.2, 0.25) is 0 Å². The van der Waals surface area contributed by atoms with E-state index in [-0.39, 0.29) is 11.6 Å². The molecule has 2 rings (SSSR count). The molecule has 1 aromatic rings. The minimum Gasteiger partial charge on any atom is -0.487 e. The third-order valence-electron chi connectivity index (χ3n) is 4.47. The molecule has 0 unspecified atom stereocenters. The summed E-state index contributed by atoms with van der Waals surface area (Å²) in [5.74, 6) is 1.48. The molecule has 0 fully saturated rings. The number of carbonyl (C=O) groups excluding carboxylic acids is 1. The fourth-order valence-electron chi connectivity index (χ4n) is 2.75. The van der Waals surface area contributed by atoms with Crippen LogP contribution in [-0.2, 0) is 11.2 Å². The van der Waals surface area contributed by atoms with E-state index >= 15 is 0 Å². The molecule has 0 spiro atoms. The number of rotatable bonds is 1. The van der Waals surface area contributed by atoms with Gasteiger partial charge in [-0.3, -0.25) is 4.79 Å². The Morgan fingerprint density at radius 3 is 2.23 bits per heavy atom. The minimum absolute atomic E-state index is 0.139. The van der Waals surface area contributed by atoms with Crippen LogP contribution in [0.2, 0.25) is 0 Å². The van der Waals surface area contributed by atoms with Gasteiger partial charge in [0.15, 0.2) is 0 Å². The first-order chi connectivity index (χ1) is 9.94. The standard InChI is InChI=1S/C19H28O3/c1-11-12(2)16-14(9-10-19(7,8)22-16)13(3)15(11)21-17(20)18(4,5)6/h9-10H2,1-8H3. The van der Waals surface area contributed by atoms with Gasteiger partial charge >= 0.3 is 5.97 Å². The summed E-state index contributed by atoms with van der Waals surface area (Å²) >= 11 is 0.